The van der Waals surface area contributed by atoms with E-state index in [0.717, 1.165) is 0 Å². The largest absolute Gasteiger partial charge is 0.449 e. The summed E-state index contributed by atoms with van der Waals surface area (Å²) in [6.07, 6.45) is -30.4. The van der Waals surface area contributed by atoms with Gasteiger partial charge in [-0.05, 0) is 38.0 Å². The van der Waals surface area contributed by atoms with Crippen LogP contribution in [0.15, 0.2) is 12.2 Å². The smallest absolute Gasteiger partial charge is 0.426 e. The van der Waals surface area contributed by atoms with Gasteiger partial charge in [-0.25, -0.2) is 4.79 Å². The van der Waals surface area contributed by atoms with Gasteiger partial charge in [-0.15, -0.1) is 0 Å². The van der Waals surface area contributed by atoms with Crippen LogP contribution in [0.4, 0.5) is 52.7 Å². The van der Waals surface area contributed by atoms with Crippen LogP contribution in [0.5, 0.6) is 0 Å². The van der Waals surface area contributed by atoms with E-state index in [0.29, 0.717) is 0 Å². The zero-order valence-electron chi connectivity index (χ0n) is 15.3. The minimum atomic E-state index is -6.09. The number of rotatable bonds is 5. The van der Waals surface area contributed by atoms with E-state index in [2.05, 4.69) is 11.3 Å². The normalized spacial score (nSPS) is 22.7. The second-order valence-electron chi connectivity index (χ2n) is 7.13. The van der Waals surface area contributed by atoms with Crippen molar-refractivity contribution in [3.05, 3.63) is 12.2 Å². The van der Waals surface area contributed by atoms with Gasteiger partial charge in [-0.2, -0.15) is 52.7 Å². The summed E-state index contributed by atoms with van der Waals surface area (Å²) in [6.45, 7) is 2.28. The summed E-state index contributed by atoms with van der Waals surface area (Å²) in [6, 6.07) is 0. The molecule has 0 bridgehead atoms. The van der Waals surface area contributed by atoms with Crippen LogP contribution in [-0.4, -0.2) is 47.5 Å². The van der Waals surface area contributed by atoms with Gasteiger partial charge in [0.25, 0.3) is 5.60 Å². The molecule has 0 aromatic heterocycles. The van der Waals surface area contributed by atoms with Crippen molar-refractivity contribution in [2.75, 3.05) is 0 Å². The molecule has 0 heterocycles. The minimum Gasteiger partial charge on any atom is -0.449 e. The Morgan fingerprint density at radius 2 is 1.29 bits per heavy atom. The molecule has 0 saturated heterocycles. The molecule has 0 aromatic carbocycles. The average molecular weight is 484 g/mol. The quantitative estimate of drug-likeness (QED) is 0.313. The fraction of sp³-hybridized carbons (Fsp3) is 0.812. The fourth-order valence-corrected chi connectivity index (χ4v) is 3.31. The van der Waals surface area contributed by atoms with Crippen molar-refractivity contribution in [1.29, 1.82) is 0 Å². The molecule has 1 aliphatic carbocycles. The highest BCUT2D eigenvalue weighted by Gasteiger charge is 2.73. The van der Waals surface area contributed by atoms with Crippen molar-refractivity contribution in [2.24, 2.45) is 11.8 Å². The monoisotopic (exact) mass is 484 g/mol. The molecule has 1 fully saturated rings. The third kappa shape index (κ3) is 6.19. The van der Waals surface area contributed by atoms with Gasteiger partial charge in [0.05, 0.1) is 0 Å². The van der Waals surface area contributed by atoms with E-state index in [4.69, 9.17) is 0 Å². The van der Waals surface area contributed by atoms with E-state index in [1.807, 2.05) is 0 Å². The maximum Gasteiger partial charge on any atom is 0.426 e. The van der Waals surface area contributed by atoms with Crippen LogP contribution < -0.4 is 0 Å². The number of hydrogen-bond donors (Lipinski definition) is 1. The molecular formula is C16H16F12O3. The van der Waals surface area contributed by atoms with E-state index in [1.165, 1.54) is 0 Å². The number of carbonyl (C=O) groups is 1. The summed E-state index contributed by atoms with van der Waals surface area (Å²) in [5.74, 6) is -6.02. The van der Waals surface area contributed by atoms with Gasteiger partial charge < -0.3 is 9.84 Å². The summed E-state index contributed by atoms with van der Waals surface area (Å²) in [4.78, 5) is 11.3. The number of alkyl halides is 12. The van der Waals surface area contributed by atoms with Gasteiger partial charge >= 0.3 is 30.7 Å². The lowest BCUT2D eigenvalue weighted by atomic mass is 9.71. The third-order valence-corrected chi connectivity index (χ3v) is 5.05. The summed E-state index contributed by atoms with van der Waals surface area (Å²) in [7, 11) is 0. The SMILES string of the molecule is C=C(C(=O)OC(CC1CCC(C(O)(C(F)(F)F)C(F)(F)F)CC1)C(F)(F)F)C(F)(F)F. The first kappa shape index (κ1) is 27.4. The van der Waals surface area contributed by atoms with Gasteiger partial charge in [0.1, 0.15) is 5.57 Å². The Balaban J connectivity index is 2.90. The van der Waals surface area contributed by atoms with Crippen molar-refractivity contribution in [1.82, 2.24) is 0 Å². The lowest BCUT2D eigenvalue weighted by Crippen LogP contribution is -2.62. The predicted octanol–water partition coefficient (Wildman–Crippen LogP) is 5.63. The molecule has 0 aromatic rings. The number of hydrogen-bond acceptors (Lipinski definition) is 3. The van der Waals surface area contributed by atoms with Gasteiger partial charge in [0, 0.05) is 5.92 Å². The number of halogens is 12. The number of carbonyl (C=O) groups excluding carboxylic acids is 1. The Morgan fingerprint density at radius 1 is 0.871 bits per heavy atom. The highest BCUT2D eigenvalue weighted by molar-refractivity contribution is 5.89. The summed E-state index contributed by atoms with van der Waals surface area (Å²) in [5.41, 5.74) is -7.28. The molecule has 1 atom stereocenters. The van der Waals surface area contributed by atoms with E-state index < -0.39 is 91.9 Å². The van der Waals surface area contributed by atoms with Gasteiger partial charge in [-0.1, -0.05) is 6.58 Å². The first-order valence-electron chi connectivity index (χ1n) is 8.52. The second-order valence-corrected chi connectivity index (χ2v) is 7.13. The molecule has 0 radical (unpaired) electrons. The van der Waals surface area contributed by atoms with Crippen LogP contribution in [0.25, 0.3) is 0 Å². The first-order chi connectivity index (χ1) is 13.6. The van der Waals surface area contributed by atoms with Gasteiger partial charge in [-0.3, -0.25) is 0 Å². The number of ether oxygens (including phenoxy) is 1. The fourth-order valence-electron chi connectivity index (χ4n) is 3.31. The number of aliphatic hydroxyl groups is 1. The highest BCUT2D eigenvalue weighted by atomic mass is 19.4. The topological polar surface area (TPSA) is 46.5 Å². The molecule has 1 N–H and O–H groups in total. The van der Waals surface area contributed by atoms with Crippen LogP contribution in [0.2, 0.25) is 0 Å². The summed E-state index contributed by atoms with van der Waals surface area (Å²) in [5, 5.41) is 9.35. The van der Waals surface area contributed by atoms with Crippen molar-refractivity contribution >= 4 is 5.97 Å². The molecule has 1 unspecified atom stereocenters. The molecule has 3 nitrogen and oxygen atoms in total. The maximum absolute atomic E-state index is 13.0. The molecule has 0 amide bonds. The van der Waals surface area contributed by atoms with Crippen molar-refractivity contribution in [2.45, 2.75) is 68.5 Å². The lowest BCUT2D eigenvalue weighted by Gasteiger charge is -2.42. The molecule has 182 valence electrons. The number of esters is 1. The van der Waals surface area contributed by atoms with E-state index in [-0.39, 0.29) is 0 Å². The predicted molar refractivity (Wildman–Crippen MR) is 78.3 cm³/mol. The molecule has 0 spiro atoms. The van der Waals surface area contributed by atoms with Crippen LogP contribution in [0.1, 0.15) is 32.1 Å². The maximum atomic E-state index is 13.0. The molecule has 31 heavy (non-hydrogen) atoms. The molecule has 1 rings (SSSR count). The van der Waals surface area contributed by atoms with E-state index in [9.17, 15) is 62.6 Å². The average Bonchev–Trinajstić information content (AvgIpc) is 2.56. The Kier molecular flexibility index (Phi) is 7.68. The lowest BCUT2D eigenvalue weighted by molar-refractivity contribution is -0.387. The standard InChI is InChI=1S/C16H16F12O3/c1-7(13(17,18)19)11(29)31-10(14(20,21)22)6-8-2-4-9(5-3-8)12(30,15(23,24)25)16(26,27)28/h8-10,30H,1-6H2. The highest BCUT2D eigenvalue weighted by Crippen LogP contribution is 2.52. The molecular weight excluding hydrogens is 468 g/mol. The van der Waals surface area contributed by atoms with Crippen molar-refractivity contribution in [3.8, 4) is 0 Å². The van der Waals surface area contributed by atoms with Crippen molar-refractivity contribution < 1.29 is 67.3 Å². The summed E-state index contributed by atoms with van der Waals surface area (Å²) >= 11 is 0. The van der Waals surface area contributed by atoms with Crippen LogP contribution >= 0.6 is 0 Å². The Morgan fingerprint density at radius 3 is 1.61 bits per heavy atom. The third-order valence-electron chi connectivity index (χ3n) is 5.05. The van der Waals surface area contributed by atoms with Crippen LogP contribution in [0.3, 0.4) is 0 Å². The molecule has 0 aliphatic heterocycles. The van der Waals surface area contributed by atoms with E-state index >= 15 is 0 Å². The van der Waals surface area contributed by atoms with E-state index in [1.54, 1.807) is 0 Å². The molecule has 1 saturated carbocycles. The van der Waals surface area contributed by atoms with Crippen LogP contribution in [-0.2, 0) is 9.53 Å². The van der Waals surface area contributed by atoms with Gasteiger partial charge in [0.2, 0.25) is 0 Å². The Hall–Kier alpha value is -1.67. The van der Waals surface area contributed by atoms with Gasteiger partial charge in [0.15, 0.2) is 6.10 Å². The summed E-state index contributed by atoms with van der Waals surface area (Å²) < 4.78 is 157. The Labute approximate surface area is 167 Å². The molecule has 15 heteroatoms. The second kappa shape index (κ2) is 8.70. The molecule has 1 aliphatic rings. The Bertz CT molecular complexity index is 637. The first-order valence-corrected chi connectivity index (χ1v) is 8.52. The minimum absolute atomic E-state index is 0.649. The van der Waals surface area contributed by atoms with Crippen LogP contribution in [0, 0.1) is 11.8 Å². The zero-order chi connectivity index (χ0) is 24.6. The van der Waals surface area contributed by atoms with Crippen molar-refractivity contribution in [3.63, 3.8) is 0 Å². The zero-order valence-corrected chi connectivity index (χ0v) is 15.3.